The molecule has 0 amide bonds. The molecule has 4 heteroatoms. The Kier molecular flexibility index (Phi) is 3.72. The van der Waals surface area contributed by atoms with E-state index in [0.29, 0.717) is 6.61 Å². The molecular weight excluding hydrogens is 252 g/mol. The summed E-state index contributed by atoms with van der Waals surface area (Å²) < 4.78 is 11.3. The number of ether oxygens (including phenoxy) is 2. The molecule has 104 valence electrons. The fraction of sp³-hybridized carbons (Fsp3) is 0.312. The van der Waals surface area contributed by atoms with E-state index in [1.807, 2.05) is 37.4 Å². The molecule has 0 bridgehead atoms. The highest BCUT2D eigenvalue weighted by molar-refractivity contribution is 5.47. The van der Waals surface area contributed by atoms with E-state index >= 15 is 0 Å². The number of aromatic nitrogens is 1. The molecule has 0 fully saturated rings. The Morgan fingerprint density at radius 3 is 2.80 bits per heavy atom. The number of anilines is 1. The van der Waals surface area contributed by atoms with Gasteiger partial charge in [-0.3, -0.25) is 4.98 Å². The van der Waals surface area contributed by atoms with Crippen molar-refractivity contribution in [1.82, 2.24) is 4.98 Å². The van der Waals surface area contributed by atoms with Gasteiger partial charge in [0.05, 0.1) is 13.2 Å². The Hall–Kier alpha value is -2.23. The van der Waals surface area contributed by atoms with Crippen LogP contribution in [0.25, 0.3) is 0 Å². The Bertz CT molecular complexity index is 599. The van der Waals surface area contributed by atoms with Crippen LogP contribution in [0, 0.1) is 6.92 Å². The van der Waals surface area contributed by atoms with E-state index < -0.39 is 0 Å². The minimum atomic E-state index is 0.716. The standard InChI is InChI=1S/C16H18N2O2/c1-12-9-14(5-6-17-12)18-11-13-3-4-15-16(10-13)20-8-2-7-19-15/h3-6,9-10H,2,7-8,11H2,1H3,(H,17,18). The van der Waals surface area contributed by atoms with Gasteiger partial charge in [0.25, 0.3) is 0 Å². The van der Waals surface area contributed by atoms with Gasteiger partial charge in [0, 0.05) is 30.5 Å². The van der Waals surface area contributed by atoms with E-state index in [2.05, 4.69) is 16.4 Å². The van der Waals surface area contributed by atoms with Crippen LogP contribution < -0.4 is 14.8 Å². The molecule has 0 spiro atoms. The van der Waals surface area contributed by atoms with Gasteiger partial charge in [-0.2, -0.15) is 0 Å². The molecule has 1 aromatic heterocycles. The molecule has 1 aliphatic heterocycles. The van der Waals surface area contributed by atoms with Crippen LogP contribution in [0.15, 0.2) is 36.5 Å². The third-order valence-electron chi connectivity index (χ3n) is 3.21. The first-order valence-electron chi connectivity index (χ1n) is 6.86. The summed E-state index contributed by atoms with van der Waals surface area (Å²) in [5.41, 5.74) is 3.25. The Labute approximate surface area is 118 Å². The Morgan fingerprint density at radius 1 is 1.10 bits per heavy atom. The molecule has 1 N–H and O–H groups in total. The lowest BCUT2D eigenvalue weighted by Gasteiger charge is -2.11. The molecule has 0 saturated carbocycles. The van der Waals surface area contributed by atoms with Gasteiger partial charge in [-0.05, 0) is 36.8 Å². The minimum absolute atomic E-state index is 0.716. The summed E-state index contributed by atoms with van der Waals surface area (Å²) in [5.74, 6) is 1.68. The SMILES string of the molecule is Cc1cc(NCc2ccc3c(c2)OCCCO3)ccn1. The molecule has 1 aliphatic rings. The van der Waals surface area contributed by atoms with Crippen LogP contribution in [-0.2, 0) is 6.54 Å². The molecule has 3 rings (SSSR count). The highest BCUT2D eigenvalue weighted by atomic mass is 16.5. The maximum atomic E-state index is 5.70. The van der Waals surface area contributed by atoms with Gasteiger partial charge in [0.15, 0.2) is 11.5 Å². The summed E-state index contributed by atoms with van der Waals surface area (Å²) in [5, 5.41) is 3.39. The topological polar surface area (TPSA) is 43.4 Å². The van der Waals surface area contributed by atoms with Crippen molar-refractivity contribution >= 4 is 5.69 Å². The van der Waals surface area contributed by atoms with Gasteiger partial charge in [0.1, 0.15) is 0 Å². The third-order valence-corrected chi connectivity index (χ3v) is 3.21. The van der Waals surface area contributed by atoms with Crippen LogP contribution in [0.5, 0.6) is 11.5 Å². The zero-order valence-electron chi connectivity index (χ0n) is 11.6. The van der Waals surface area contributed by atoms with Crippen molar-refractivity contribution in [3.05, 3.63) is 47.8 Å². The molecule has 1 aromatic carbocycles. The van der Waals surface area contributed by atoms with Crippen molar-refractivity contribution in [1.29, 1.82) is 0 Å². The van der Waals surface area contributed by atoms with E-state index in [0.717, 1.165) is 42.5 Å². The molecule has 2 aromatic rings. The van der Waals surface area contributed by atoms with Crippen molar-refractivity contribution < 1.29 is 9.47 Å². The van der Waals surface area contributed by atoms with E-state index in [-0.39, 0.29) is 0 Å². The molecule has 4 nitrogen and oxygen atoms in total. The fourth-order valence-electron chi connectivity index (χ4n) is 2.18. The second-order valence-corrected chi connectivity index (χ2v) is 4.87. The summed E-state index contributed by atoms with van der Waals surface area (Å²) in [7, 11) is 0. The summed E-state index contributed by atoms with van der Waals surface area (Å²) in [6, 6.07) is 10.1. The van der Waals surface area contributed by atoms with E-state index in [4.69, 9.17) is 9.47 Å². The van der Waals surface area contributed by atoms with Crippen LogP contribution in [0.3, 0.4) is 0 Å². The number of nitrogens with one attached hydrogen (secondary N) is 1. The number of nitrogens with zero attached hydrogens (tertiary/aromatic N) is 1. The monoisotopic (exact) mass is 270 g/mol. The average molecular weight is 270 g/mol. The molecule has 0 saturated heterocycles. The van der Waals surface area contributed by atoms with Gasteiger partial charge in [-0.25, -0.2) is 0 Å². The van der Waals surface area contributed by atoms with Crippen LogP contribution in [-0.4, -0.2) is 18.2 Å². The molecule has 20 heavy (non-hydrogen) atoms. The van der Waals surface area contributed by atoms with E-state index in [1.165, 1.54) is 5.56 Å². The van der Waals surface area contributed by atoms with Crippen LogP contribution in [0.2, 0.25) is 0 Å². The smallest absolute Gasteiger partial charge is 0.161 e. The second kappa shape index (κ2) is 5.82. The molecule has 0 unspecified atom stereocenters. The molecule has 0 atom stereocenters. The zero-order chi connectivity index (χ0) is 13.8. The fourth-order valence-corrected chi connectivity index (χ4v) is 2.18. The van der Waals surface area contributed by atoms with Gasteiger partial charge in [0.2, 0.25) is 0 Å². The summed E-state index contributed by atoms with van der Waals surface area (Å²) >= 11 is 0. The first-order chi connectivity index (χ1) is 9.81. The number of rotatable bonds is 3. The van der Waals surface area contributed by atoms with Gasteiger partial charge < -0.3 is 14.8 Å². The second-order valence-electron chi connectivity index (χ2n) is 4.87. The number of benzene rings is 1. The predicted molar refractivity (Wildman–Crippen MR) is 78.3 cm³/mol. The first-order valence-corrected chi connectivity index (χ1v) is 6.86. The van der Waals surface area contributed by atoms with E-state index in [1.54, 1.807) is 0 Å². The molecular formula is C16H18N2O2. The number of hydrogen-bond donors (Lipinski definition) is 1. The van der Waals surface area contributed by atoms with Crippen LogP contribution in [0.4, 0.5) is 5.69 Å². The first kappa shape index (κ1) is 12.8. The third kappa shape index (κ3) is 3.02. The lowest BCUT2D eigenvalue weighted by Crippen LogP contribution is -2.01. The Morgan fingerprint density at radius 2 is 1.95 bits per heavy atom. The number of hydrogen-bond acceptors (Lipinski definition) is 4. The largest absolute Gasteiger partial charge is 0.490 e. The van der Waals surface area contributed by atoms with Gasteiger partial charge in [-0.1, -0.05) is 6.07 Å². The average Bonchev–Trinajstić information content (AvgIpc) is 2.70. The molecule has 2 heterocycles. The predicted octanol–water partition coefficient (Wildman–Crippen LogP) is 3.16. The van der Waals surface area contributed by atoms with Crippen LogP contribution >= 0.6 is 0 Å². The Balaban J connectivity index is 1.70. The lowest BCUT2D eigenvalue weighted by atomic mass is 10.2. The maximum absolute atomic E-state index is 5.70. The van der Waals surface area contributed by atoms with E-state index in [9.17, 15) is 0 Å². The van der Waals surface area contributed by atoms with Crippen molar-refractivity contribution in [3.8, 4) is 11.5 Å². The highest BCUT2D eigenvalue weighted by Crippen LogP contribution is 2.30. The molecule has 0 radical (unpaired) electrons. The van der Waals surface area contributed by atoms with Crippen molar-refractivity contribution in [2.45, 2.75) is 19.9 Å². The van der Waals surface area contributed by atoms with Crippen molar-refractivity contribution in [3.63, 3.8) is 0 Å². The van der Waals surface area contributed by atoms with Crippen LogP contribution in [0.1, 0.15) is 17.7 Å². The quantitative estimate of drug-likeness (QED) is 0.930. The van der Waals surface area contributed by atoms with Crippen molar-refractivity contribution in [2.75, 3.05) is 18.5 Å². The summed E-state index contributed by atoms with van der Waals surface area (Å²) in [4.78, 5) is 4.19. The number of pyridine rings is 1. The minimum Gasteiger partial charge on any atom is -0.490 e. The zero-order valence-corrected chi connectivity index (χ0v) is 11.6. The normalized spacial score (nSPS) is 13.7. The summed E-state index contributed by atoms with van der Waals surface area (Å²) in [6.45, 7) is 4.17. The number of fused-ring (bicyclic) bond motifs is 1. The maximum Gasteiger partial charge on any atom is 0.161 e. The lowest BCUT2D eigenvalue weighted by molar-refractivity contribution is 0.297. The summed E-state index contributed by atoms with van der Waals surface area (Å²) in [6.07, 6.45) is 2.74. The highest BCUT2D eigenvalue weighted by Gasteiger charge is 2.10. The molecule has 0 aliphatic carbocycles. The van der Waals surface area contributed by atoms with Crippen molar-refractivity contribution in [2.24, 2.45) is 0 Å². The number of aryl methyl sites for hydroxylation is 1. The van der Waals surface area contributed by atoms with Gasteiger partial charge >= 0.3 is 0 Å². The van der Waals surface area contributed by atoms with Gasteiger partial charge in [-0.15, -0.1) is 0 Å².